The van der Waals surface area contributed by atoms with Crippen molar-refractivity contribution in [3.05, 3.63) is 78.0 Å². The lowest BCUT2D eigenvalue weighted by molar-refractivity contribution is -0.135. The van der Waals surface area contributed by atoms with Crippen molar-refractivity contribution in [2.24, 2.45) is 5.92 Å². The van der Waals surface area contributed by atoms with Crippen molar-refractivity contribution in [1.82, 2.24) is 20.0 Å². The molecule has 0 saturated carbocycles. The first-order valence-corrected chi connectivity index (χ1v) is 11.3. The van der Waals surface area contributed by atoms with Gasteiger partial charge in [-0.1, -0.05) is 67.6 Å². The van der Waals surface area contributed by atoms with Crippen LogP contribution in [-0.2, 0) is 22.7 Å². The molecule has 1 fully saturated rings. The molecule has 6 heteroatoms. The quantitative estimate of drug-likeness (QED) is 0.619. The van der Waals surface area contributed by atoms with E-state index in [4.69, 9.17) is 5.10 Å². The topological polar surface area (TPSA) is 67.2 Å². The SMILES string of the molecule is CCC(=O)N1CCC[C@@H](C(=O)NCc2cn(Cc3ccccc3)nc2-c2ccccc2)C1. The van der Waals surface area contributed by atoms with Gasteiger partial charge in [0.15, 0.2) is 0 Å². The molecule has 1 aromatic heterocycles. The molecule has 0 aliphatic carbocycles. The maximum atomic E-state index is 12.9. The Bertz CT molecular complexity index is 1050. The molecule has 1 aliphatic rings. The van der Waals surface area contributed by atoms with Gasteiger partial charge in [0.25, 0.3) is 0 Å². The van der Waals surface area contributed by atoms with Crippen molar-refractivity contribution < 1.29 is 9.59 Å². The summed E-state index contributed by atoms with van der Waals surface area (Å²) in [7, 11) is 0. The maximum Gasteiger partial charge on any atom is 0.225 e. The van der Waals surface area contributed by atoms with Crippen LogP contribution < -0.4 is 5.32 Å². The first kappa shape index (κ1) is 21.8. The third kappa shape index (κ3) is 5.25. The zero-order chi connectivity index (χ0) is 22.3. The molecule has 4 rings (SSSR count). The number of aromatic nitrogens is 2. The van der Waals surface area contributed by atoms with E-state index in [0.29, 0.717) is 26.1 Å². The average Bonchev–Trinajstić information content (AvgIpc) is 3.25. The maximum absolute atomic E-state index is 12.9. The molecule has 0 radical (unpaired) electrons. The lowest BCUT2D eigenvalue weighted by atomic mass is 9.96. The Hall–Kier alpha value is -3.41. The largest absolute Gasteiger partial charge is 0.352 e. The summed E-state index contributed by atoms with van der Waals surface area (Å²) in [5, 5.41) is 7.93. The molecule has 6 nitrogen and oxygen atoms in total. The van der Waals surface area contributed by atoms with Crippen molar-refractivity contribution in [3.63, 3.8) is 0 Å². The number of hydrogen-bond donors (Lipinski definition) is 1. The second-order valence-corrected chi connectivity index (χ2v) is 8.30. The molecule has 2 aromatic carbocycles. The normalized spacial score (nSPS) is 16.0. The van der Waals surface area contributed by atoms with Crippen molar-refractivity contribution in [2.45, 2.75) is 39.3 Å². The van der Waals surface area contributed by atoms with Gasteiger partial charge in [-0.05, 0) is 18.4 Å². The van der Waals surface area contributed by atoms with Crippen LogP contribution in [0.15, 0.2) is 66.9 Å². The van der Waals surface area contributed by atoms with Gasteiger partial charge in [0.1, 0.15) is 0 Å². The molecule has 0 spiro atoms. The van der Waals surface area contributed by atoms with E-state index in [1.54, 1.807) is 0 Å². The van der Waals surface area contributed by atoms with E-state index in [1.165, 1.54) is 5.56 Å². The van der Waals surface area contributed by atoms with E-state index in [2.05, 4.69) is 17.4 Å². The number of carbonyl (C=O) groups excluding carboxylic acids is 2. The summed E-state index contributed by atoms with van der Waals surface area (Å²) in [5.74, 6) is -0.0248. The first-order chi connectivity index (χ1) is 15.6. The standard InChI is InChI=1S/C26H30N4O2/c1-2-24(31)29-15-9-14-22(18-29)26(32)27-16-23-19-30(17-20-10-5-3-6-11-20)28-25(23)21-12-7-4-8-13-21/h3-8,10-13,19,22H,2,9,14-18H2,1H3,(H,27,32)/t22-/m1/s1. The lowest BCUT2D eigenvalue weighted by Crippen LogP contribution is -2.45. The third-order valence-corrected chi connectivity index (χ3v) is 5.97. The average molecular weight is 431 g/mol. The van der Waals surface area contributed by atoms with Crippen LogP contribution in [0.5, 0.6) is 0 Å². The highest BCUT2D eigenvalue weighted by molar-refractivity contribution is 5.81. The first-order valence-electron chi connectivity index (χ1n) is 11.3. The summed E-state index contributed by atoms with van der Waals surface area (Å²) >= 11 is 0. The van der Waals surface area contributed by atoms with E-state index in [1.807, 2.05) is 71.2 Å². The Labute approximate surface area is 189 Å². The van der Waals surface area contributed by atoms with Crippen LogP contribution in [0.3, 0.4) is 0 Å². The summed E-state index contributed by atoms with van der Waals surface area (Å²) in [5.41, 5.74) is 4.07. The molecule has 2 heterocycles. The predicted octanol–water partition coefficient (Wildman–Crippen LogP) is 3.86. The number of nitrogens with zero attached hydrogens (tertiary/aromatic N) is 3. The van der Waals surface area contributed by atoms with Gasteiger partial charge in [-0.3, -0.25) is 14.3 Å². The number of amides is 2. The molecule has 1 atom stereocenters. The van der Waals surface area contributed by atoms with Crippen molar-refractivity contribution in [3.8, 4) is 11.3 Å². The lowest BCUT2D eigenvalue weighted by Gasteiger charge is -2.31. The van der Waals surface area contributed by atoms with Gasteiger partial charge in [0.05, 0.1) is 18.2 Å². The molecule has 3 aromatic rings. The monoisotopic (exact) mass is 430 g/mol. The minimum atomic E-state index is -0.154. The Morgan fingerprint density at radius 3 is 2.50 bits per heavy atom. The van der Waals surface area contributed by atoms with Gasteiger partial charge in [-0.2, -0.15) is 5.10 Å². The fourth-order valence-electron chi connectivity index (χ4n) is 4.25. The molecule has 32 heavy (non-hydrogen) atoms. The second-order valence-electron chi connectivity index (χ2n) is 8.30. The van der Waals surface area contributed by atoms with Gasteiger partial charge in [0, 0.05) is 43.4 Å². The van der Waals surface area contributed by atoms with E-state index >= 15 is 0 Å². The van der Waals surface area contributed by atoms with Crippen LogP contribution in [0.1, 0.15) is 37.3 Å². The predicted molar refractivity (Wildman–Crippen MR) is 125 cm³/mol. The number of benzene rings is 2. The van der Waals surface area contributed by atoms with E-state index < -0.39 is 0 Å². The summed E-state index contributed by atoms with van der Waals surface area (Å²) in [6.07, 6.45) is 4.19. The van der Waals surface area contributed by atoms with Gasteiger partial charge in [0.2, 0.25) is 11.8 Å². The number of hydrogen-bond acceptors (Lipinski definition) is 3. The fraction of sp³-hybridized carbons (Fsp3) is 0.346. The van der Waals surface area contributed by atoms with Crippen molar-refractivity contribution in [1.29, 1.82) is 0 Å². The second kappa shape index (κ2) is 10.3. The van der Waals surface area contributed by atoms with Crippen LogP contribution in [0.2, 0.25) is 0 Å². The van der Waals surface area contributed by atoms with E-state index in [-0.39, 0.29) is 17.7 Å². The van der Waals surface area contributed by atoms with Gasteiger partial charge >= 0.3 is 0 Å². The number of likely N-dealkylation sites (tertiary alicyclic amines) is 1. The molecule has 1 aliphatic heterocycles. The highest BCUT2D eigenvalue weighted by atomic mass is 16.2. The molecule has 2 amide bonds. The summed E-state index contributed by atoms with van der Waals surface area (Å²) in [4.78, 5) is 26.8. The number of rotatable bonds is 7. The Kier molecular flexibility index (Phi) is 7.00. The van der Waals surface area contributed by atoms with Gasteiger partial charge < -0.3 is 10.2 Å². The molecular weight excluding hydrogens is 400 g/mol. The number of nitrogens with one attached hydrogen (secondary N) is 1. The molecule has 0 unspecified atom stereocenters. The molecule has 166 valence electrons. The molecular formula is C26H30N4O2. The van der Waals surface area contributed by atoms with Crippen LogP contribution >= 0.6 is 0 Å². The minimum Gasteiger partial charge on any atom is -0.352 e. The zero-order valence-electron chi connectivity index (χ0n) is 18.5. The van der Waals surface area contributed by atoms with Crippen molar-refractivity contribution in [2.75, 3.05) is 13.1 Å². The number of carbonyl (C=O) groups is 2. The van der Waals surface area contributed by atoms with Crippen LogP contribution in [0.25, 0.3) is 11.3 Å². The van der Waals surface area contributed by atoms with Crippen molar-refractivity contribution >= 4 is 11.8 Å². The van der Waals surface area contributed by atoms with E-state index in [0.717, 1.165) is 36.2 Å². The minimum absolute atomic E-state index is 0.00780. The molecule has 1 saturated heterocycles. The molecule has 1 N–H and O–H groups in total. The fourth-order valence-corrected chi connectivity index (χ4v) is 4.25. The summed E-state index contributed by atoms with van der Waals surface area (Å²) < 4.78 is 1.93. The highest BCUT2D eigenvalue weighted by Gasteiger charge is 2.27. The van der Waals surface area contributed by atoms with E-state index in [9.17, 15) is 9.59 Å². The van der Waals surface area contributed by atoms with Crippen LogP contribution in [-0.4, -0.2) is 39.6 Å². The number of piperidine rings is 1. The third-order valence-electron chi connectivity index (χ3n) is 5.97. The Morgan fingerprint density at radius 1 is 1.06 bits per heavy atom. The molecule has 0 bridgehead atoms. The van der Waals surface area contributed by atoms with Gasteiger partial charge in [-0.25, -0.2) is 0 Å². The highest BCUT2D eigenvalue weighted by Crippen LogP contribution is 2.23. The van der Waals surface area contributed by atoms with Crippen LogP contribution in [0, 0.1) is 5.92 Å². The zero-order valence-corrected chi connectivity index (χ0v) is 18.5. The van der Waals surface area contributed by atoms with Gasteiger partial charge in [-0.15, -0.1) is 0 Å². The summed E-state index contributed by atoms with van der Waals surface area (Å²) in [6, 6.07) is 20.3. The summed E-state index contributed by atoms with van der Waals surface area (Å²) in [6.45, 7) is 4.21. The Balaban J connectivity index is 1.48. The Morgan fingerprint density at radius 2 is 1.78 bits per heavy atom. The smallest absolute Gasteiger partial charge is 0.225 e. The van der Waals surface area contributed by atoms with Crippen LogP contribution in [0.4, 0.5) is 0 Å².